The third kappa shape index (κ3) is 4.22. The predicted octanol–water partition coefficient (Wildman–Crippen LogP) is 5.01. The highest BCUT2D eigenvalue weighted by Crippen LogP contribution is 2.27. The standard InChI is InChI=1S/C18H27NO/c1-11(2)14(7)15-8-16(18(20)12(3)4)10-17(9-15)19-13(5)6/h8-13,19H,7H2,1-6H3. The number of hydrogen-bond acceptors (Lipinski definition) is 2. The average molecular weight is 273 g/mol. The summed E-state index contributed by atoms with van der Waals surface area (Å²) in [6.45, 7) is 16.4. The van der Waals surface area contributed by atoms with E-state index in [1.54, 1.807) is 0 Å². The lowest BCUT2D eigenvalue weighted by atomic mass is 9.92. The maximum atomic E-state index is 12.3. The molecule has 0 aliphatic carbocycles. The number of rotatable bonds is 6. The Morgan fingerprint density at radius 3 is 1.95 bits per heavy atom. The van der Waals surface area contributed by atoms with E-state index in [-0.39, 0.29) is 11.7 Å². The summed E-state index contributed by atoms with van der Waals surface area (Å²) in [7, 11) is 0. The summed E-state index contributed by atoms with van der Waals surface area (Å²) >= 11 is 0. The molecule has 0 unspecified atom stereocenters. The van der Waals surface area contributed by atoms with E-state index in [1.165, 1.54) is 0 Å². The van der Waals surface area contributed by atoms with Crippen LogP contribution in [0.15, 0.2) is 24.8 Å². The molecule has 1 aromatic carbocycles. The molecule has 0 aliphatic heterocycles. The molecule has 0 spiro atoms. The molecule has 0 heterocycles. The Balaban J connectivity index is 3.27. The van der Waals surface area contributed by atoms with Crippen LogP contribution in [0.1, 0.15) is 57.5 Å². The highest BCUT2D eigenvalue weighted by molar-refractivity contribution is 5.99. The zero-order valence-corrected chi connectivity index (χ0v) is 13.6. The minimum absolute atomic E-state index is 0.00413. The third-order valence-corrected chi connectivity index (χ3v) is 3.26. The van der Waals surface area contributed by atoms with E-state index in [9.17, 15) is 4.79 Å². The topological polar surface area (TPSA) is 29.1 Å². The molecule has 0 saturated carbocycles. The van der Waals surface area contributed by atoms with Crippen molar-refractivity contribution in [3.63, 3.8) is 0 Å². The van der Waals surface area contributed by atoms with Crippen molar-refractivity contribution in [2.24, 2.45) is 11.8 Å². The van der Waals surface area contributed by atoms with Crippen molar-refractivity contribution in [3.05, 3.63) is 35.9 Å². The lowest BCUT2D eigenvalue weighted by Crippen LogP contribution is -2.13. The Kier molecular flexibility index (Phi) is 5.55. The Labute approximate surface area is 123 Å². The third-order valence-electron chi connectivity index (χ3n) is 3.26. The molecular formula is C18H27NO. The first-order valence-electron chi connectivity index (χ1n) is 7.37. The van der Waals surface area contributed by atoms with Crippen LogP contribution in [0.5, 0.6) is 0 Å². The molecule has 1 N–H and O–H groups in total. The normalized spacial score (nSPS) is 11.2. The summed E-state index contributed by atoms with van der Waals surface area (Å²) in [5.41, 5.74) is 3.87. The van der Waals surface area contributed by atoms with Gasteiger partial charge < -0.3 is 5.32 Å². The highest BCUT2D eigenvalue weighted by atomic mass is 16.1. The van der Waals surface area contributed by atoms with Gasteiger partial charge >= 0.3 is 0 Å². The van der Waals surface area contributed by atoms with Gasteiger partial charge in [-0.15, -0.1) is 0 Å². The van der Waals surface area contributed by atoms with Crippen LogP contribution in [0.4, 0.5) is 5.69 Å². The van der Waals surface area contributed by atoms with Gasteiger partial charge in [-0.2, -0.15) is 0 Å². The second-order valence-electron chi connectivity index (χ2n) is 6.30. The smallest absolute Gasteiger partial charge is 0.165 e. The zero-order chi connectivity index (χ0) is 15.4. The summed E-state index contributed by atoms with van der Waals surface area (Å²) in [4.78, 5) is 12.3. The molecule has 1 aromatic rings. The van der Waals surface area contributed by atoms with Crippen molar-refractivity contribution in [2.45, 2.75) is 47.6 Å². The van der Waals surface area contributed by atoms with E-state index >= 15 is 0 Å². The second-order valence-corrected chi connectivity index (χ2v) is 6.30. The van der Waals surface area contributed by atoms with Crippen LogP contribution in [0.2, 0.25) is 0 Å². The summed E-state index contributed by atoms with van der Waals surface area (Å²) in [6.07, 6.45) is 0. The lowest BCUT2D eigenvalue weighted by Gasteiger charge is -2.17. The van der Waals surface area contributed by atoms with Crippen LogP contribution in [0, 0.1) is 11.8 Å². The molecule has 0 aliphatic rings. The van der Waals surface area contributed by atoms with Gasteiger partial charge in [0, 0.05) is 23.2 Å². The summed E-state index contributed by atoms with van der Waals surface area (Å²) in [5, 5.41) is 3.38. The average Bonchev–Trinajstić information content (AvgIpc) is 2.35. The van der Waals surface area contributed by atoms with Crippen LogP contribution in [0.3, 0.4) is 0 Å². The number of allylic oxidation sites excluding steroid dienone is 1. The maximum absolute atomic E-state index is 12.3. The molecule has 110 valence electrons. The minimum Gasteiger partial charge on any atom is -0.383 e. The molecule has 1 rings (SSSR count). The van der Waals surface area contributed by atoms with Crippen molar-refractivity contribution in [1.82, 2.24) is 0 Å². The molecule has 0 saturated heterocycles. The maximum Gasteiger partial charge on any atom is 0.165 e. The number of Topliss-reactive ketones (excluding diaryl/α,β-unsaturated/α-hetero) is 1. The van der Waals surface area contributed by atoms with Crippen LogP contribution in [-0.2, 0) is 0 Å². The van der Waals surface area contributed by atoms with Crippen LogP contribution >= 0.6 is 0 Å². The molecule has 0 radical (unpaired) electrons. The van der Waals surface area contributed by atoms with E-state index in [0.717, 1.165) is 22.4 Å². The molecule has 20 heavy (non-hydrogen) atoms. The quantitative estimate of drug-likeness (QED) is 0.738. The van der Waals surface area contributed by atoms with Gasteiger partial charge in [0.2, 0.25) is 0 Å². The minimum atomic E-state index is 0.00413. The van der Waals surface area contributed by atoms with Crippen molar-refractivity contribution < 1.29 is 4.79 Å². The van der Waals surface area contributed by atoms with Gasteiger partial charge in [-0.3, -0.25) is 4.79 Å². The van der Waals surface area contributed by atoms with Crippen molar-refractivity contribution in [2.75, 3.05) is 5.32 Å². The fourth-order valence-corrected chi connectivity index (χ4v) is 2.04. The van der Waals surface area contributed by atoms with Gasteiger partial charge in [-0.25, -0.2) is 0 Å². The molecule has 0 bridgehead atoms. The molecule has 2 heteroatoms. The van der Waals surface area contributed by atoms with Gasteiger partial charge in [0.25, 0.3) is 0 Å². The van der Waals surface area contributed by atoms with Crippen molar-refractivity contribution >= 4 is 17.0 Å². The fourth-order valence-electron chi connectivity index (χ4n) is 2.04. The molecule has 0 amide bonds. The van der Waals surface area contributed by atoms with E-state index in [2.05, 4.69) is 45.7 Å². The van der Waals surface area contributed by atoms with Crippen LogP contribution in [-0.4, -0.2) is 11.8 Å². The van der Waals surface area contributed by atoms with E-state index < -0.39 is 0 Å². The zero-order valence-electron chi connectivity index (χ0n) is 13.6. The first-order chi connectivity index (χ1) is 9.22. The first kappa shape index (κ1) is 16.5. The summed E-state index contributed by atoms with van der Waals surface area (Å²) in [6, 6.07) is 6.33. The van der Waals surface area contributed by atoms with Gasteiger partial charge in [0.05, 0.1) is 0 Å². The van der Waals surface area contributed by atoms with Gasteiger partial charge in [-0.1, -0.05) is 34.3 Å². The number of ketones is 1. The van der Waals surface area contributed by atoms with E-state index in [4.69, 9.17) is 0 Å². The Morgan fingerprint density at radius 2 is 1.50 bits per heavy atom. The number of carbonyl (C=O) groups excluding carboxylic acids is 1. The number of hydrogen-bond donors (Lipinski definition) is 1. The predicted molar refractivity (Wildman–Crippen MR) is 88.2 cm³/mol. The molecule has 0 fully saturated rings. The largest absolute Gasteiger partial charge is 0.383 e. The number of nitrogens with one attached hydrogen (secondary N) is 1. The molecule has 0 atom stereocenters. The van der Waals surface area contributed by atoms with Crippen molar-refractivity contribution in [3.8, 4) is 0 Å². The Hall–Kier alpha value is -1.57. The second kappa shape index (κ2) is 6.74. The number of carbonyl (C=O) groups is 1. The molecular weight excluding hydrogens is 246 g/mol. The molecule has 2 nitrogen and oxygen atoms in total. The van der Waals surface area contributed by atoms with Gasteiger partial charge in [-0.05, 0) is 49.1 Å². The lowest BCUT2D eigenvalue weighted by molar-refractivity contribution is 0.0939. The monoisotopic (exact) mass is 273 g/mol. The number of benzene rings is 1. The molecule has 0 aromatic heterocycles. The summed E-state index contributed by atoms with van der Waals surface area (Å²) in [5.74, 6) is 0.547. The van der Waals surface area contributed by atoms with Gasteiger partial charge in [0.15, 0.2) is 5.78 Å². The first-order valence-corrected chi connectivity index (χ1v) is 7.37. The summed E-state index contributed by atoms with van der Waals surface area (Å²) < 4.78 is 0. The Morgan fingerprint density at radius 1 is 0.950 bits per heavy atom. The van der Waals surface area contributed by atoms with E-state index in [0.29, 0.717) is 12.0 Å². The highest BCUT2D eigenvalue weighted by Gasteiger charge is 2.14. The SMILES string of the molecule is C=C(c1cc(NC(C)C)cc(C(=O)C(C)C)c1)C(C)C. The Bertz CT molecular complexity index is 460. The fraction of sp³-hybridized carbons (Fsp3) is 0.500. The van der Waals surface area contributed by atoms with Crippen LogP contribution < -0.4 is 5.32 Å². The van der Waals surface area contributed by atoms with E-state index in [1.807, 2.05) is 26.0 Å². The number of anilines is 1. The van der Waals surface area contributed by atoms with Crippen molar-refractivity contribution in [1.29, 1.82) is 0 Å². The van der Waals surface area contributed by atoms with Gasteiger partial charge in [0.1, 0.15) is 0 Å². The van der Waals surface area contributed by atoms with Crippen LogP contribution in [0.25, 0.3) is 5.57 Å².